The summed E-state index contributed by atoms with van der Waals surface area (Å²) in [6, 6.07) is 7.82. The van der Waals surface area contributed by atoms with Crippen LogP contribution in [0.25, 0.3) is 0 Å². The summed E-state index contributed by atoms with van der Waals surface area (Å²) in [5.41, 5.74) is 0.853. The SMILES string of the molecule is CSc1ccc(C(O)CNC(=O)C2CCCCC2)cc1. The summed E-state index contributed by atoms with van der Waals surface area (Å²) < 4.78 is 0. The van der Waals surface area contributed by atoms with Gasteiger partial charge >= 0.3 is 0 Å². The van der Waals surface area contributed by atoms with E-state index in [9.17, 15) is 9.90 Å². The molecule has 0 radical (unpaired) electrons. The monoisotopic (exact) mass is 293 g/mol. The van der Waals surface area contributed by atoms with E-state index >= 15 is 0 Å². The molecule has 1 aromatic carbocycles. The van der Waals surface area contributed by atoms with Gasteiger partial charge in [0.05, 0.1) is 6.10 Å². The Morgan fingerprint density at radius 2 is 1.95 bits per heavy atom. The second-order valence-corrected chi connectivity index (χ2v) is 6.25. The molecule has 1 unspecified atom stereocenters. The third kappa shape index (κ3) is 4.25. The summed E-state index contributed by atoms with van der Waals surface area (Å²) in [6.07, 6.45) is 6.92. The topological polar surface area (TPSA) is 49.3 Å². The molecule has 2 rings (SSSR count). The Labute approximate surface area is 125 Å². The van der Waals surface area contributed by atoms with Gasteiger partial charge in [0.25, 0.3) is 0 Å². The Hall–Kier alpha value is -1.00. The van der Waals surface area contributed by atoms with Crippen molar-refractivity contribution in [1.29, 1.82) is 0 Å². The predicted molar refractivity (Wildman–Crippen MR) is 82.8 cm³/mol. The summed E-state index contributed by atoms with van der Waals surface area (Å²) in [6.45, 7) is 0.300. The summed E-state index contributed by atoms with van der Waals surface area (Å²) in [7, 11) is 0. The Morgan fingerprint density at radius 3 is 2.55 bits per heavy atom. The molecule has 1 aromatic rings. The van der Waals surface area contributed by atoms with Gasteiger partial charge in [-0.2, -0.15) is 0 Å². The molecule has 3 nitrogen and oxygen atoms in total. The van der Waals surface area contributed by atoms with Gasteiger partial charge in [-0.15, -0.1) is 11.8 Å². The zero-order valence-electron chi connectivity index (χ0n) is 12.0. The minimum Gasteiger partial charge on any atom is -0.387 e. The first-order valence-corrected chi connectivity index (χ1v) is 8.53. The maximum absolute atomic E-state index is 12.0. The van der Waals surface area contributed by atoms with Gasteiger partial charge in [0.15, 0.2) is 0 Å². The molecule has 1 aliphatic rings. The Bertz CT molecular complexity index is 427. The maximum atomic E-state index is 12.0. The lowest BCUT2D eigenvalue weighted by molar-refractivity contribution is -0.126. The number of nitrogens with one attached hydrogen (secondary N) is 1. The molecule has 0 heterocycles. The smallest absolute Gasteiger partial charge is 0.223 e. The molecular weight excluding hydrogens is 270 g/mol. The highest BCUT2D eigenvalue weighted by Crippen LogP contribution is 2.24. The fourth-order valence-corrected chi connectivity index (χ4v) is 3.06. The van der Waals surface area contributed by atoms with Gasteiger partial charge < -0.3 is 10.4 Å². The molecule has 1 aliphatic carbocycles. The van der Waals surface area contributed by atoms with Crippen LogP contribution in [-0.2, 0) is 4.79 Å². The van der Waals surface area contributed by atoms with Crippen LogP contribution in [0.3, 0.4) is 0 Å². The summed E-state index contributed by atoms with van der Waals surface area (Å²) in [4.78, 5) is 13.2. The Morgan fingerprint density at radius 1 is 1.30 bits per heavy atom. The van der Waals surface area contributed by atoms with E-state index in [2.05, 4.69) is 5.32 Å². The van der Waals surface area contributed by atoms with Gasteiger partial charge in [0.1, 0.15) is 0 Å². The fraction of sp³-hybridized carbons (Fsp3) is 0.562. The number of hydrogen-bond donors (Lipinski definition) is 2. The van der Waals surface area contributed by atoms with E-state index in [1.807, 2.05) is 30.5 Å². The van der Waals surface area contributed by atoms with Crippen molar-refractivity contribution < 1.29 is 9.90 Å². The van der Waals surface area contributed by atoms with E-state index in [0.717, 1.165) is 31.2 Å². The van der Waals surface area contributed by atoms with Gasteiger partial charge in [-0.3, -0.25) is 4.79 Å². The van der Waals surface area contributed by atoms with E-state index in [4.69, 9.17) is 0 Å². The molecule has 0 saturated heterocycles. The number of hydrogen-bond acceptors (Lipinski definition) is 3. The fourth-order valence-electron chi connectivity index (χ4n) is 2.65. The first-order valence-electron chi connectivity index (χ1n) is 7.30. The van der Waals surface area contributed by atoms with Gasteiger partial charge in [0, 0.05) is 17.4 Å². The van der Waals surface area contributed by atoms with Crippen LogP contribution in [0.15, 0.2) is 29.2 Å². The minimum atomic E-state index is -0.626. The van der Waals surface area contributed by atoms with Crippen molar-refractivity contribution in [3.8, 4) is 0 Å². The van der Waals surface area contributed by atoms with E-state index in [1.54, 1.807) is 11.8 Å². The van der Waals surface area contributed by atoms with Crippen molar-refractivity contribution in [2.75, 3.05) is 12.8 Å². The number of aliphatic hydroxyl groups is 1. The number of rotatable bonds is 5. The van der Waals surface area contributed by atoms with E-state index in [-0.39, 0.29) is 11.8 Å². The summed E-state index contributed by atoms with van der Waals surface area (Å²) in [5, 5.41) is 13.0. The van der Waals surface area contributed by atoms with Crippen molar-refractivity contribution >= 4 is 17.7 Å². The average Bonchev–Trinajstić information content (AvgIpc) is 2.53. The highest BCUT2D eigenvalue weighted by Gasteiger charge is 2.21. The zero-order valence-corrected chi connectivity index (χ0v) is 12.8. The van der Waals surface area contributed by atoms with Gasteiger partial charge in [0.2, 0.25) is 5.91 Å². The summed E-state index contributed by atoms with van der Waals surface area (Å²) >= 11 is 1.67. The second kappa shape index (κ2) is 7.70. The molecule has 1 saturated carbocycles. The minimum absolute atomic E-state index is 0.101. The first kappa shape index (κ1) is 15.4. The molecule has 1 fully saturated rings. The molecule has 4 heteroatoms. The third-order valence-electron chi connectivity index (χ3n) is 3.95. The third-order valence-corrected chi connectivity index (χ3v) is 4.69. The highest BCUT2D eigenvalue weighted by atomic mass is 32.2. The highest BCUT2D eigenvalue weighted by molar-refractivity contribution is 7.98. The van der Waals surface area contributed by atoms with Crippen molar-refractivity contribution in [3.05, 3.63) is 29.8 Å². The number of carbonyl (C=O) groups excluding carboxylic acids is 1. The maximum Gasteiger partial charge on any atom is 0.223 e. The van der Waals surface area contributed by atoms with Crippen molar-refractivity contribution in [2.45, 2.75) is 43.1 Å². The van der Waals surface area contributed by atoms with Crippen LogP contribution in [0.1, 0.15) is 43.8 Å². The predicted octanol–water partition coefficient (Wildman–Crippen LogP) is 3.14. The van der Waals surface area contributed by atoms with Crippen molar-refractivity contribution in [3.63, 3.8) is 0 Å². The molecular formula is C16H23NO2S. The van der Waals surface area contributed by atoms with Crippen LogP contribution in [0.4, 0.5) is 0 Å². The quantitative estimate of drug-likeness (QED) is 0.820. The van der Waals surface area contributed by atoms with Gasteiger partial charge in [-0.25, -0.2) is 0 Å². The van der Waals surface area contributed by atoms with Crippen molar-refractivity contribution in [2.24, 2.45) is 5.92 Å². The zero-order chi connectivity index (χ0) is 14.4. The van der Waals surface area contributed by atoms with Crippen LogP contribution in [0.2, 0.25) is 0 Å². The number of carbonyl (C=O) groups is 1. The standard InChI is InChI=1S/C16H23NO2S/c1-20-14-9-7-12(8-10-14)15(18)11-17-16(19)13-5-3-2-4-6-13/h7-10,13,15,18H,2-6,11H2,1H3,(H,17,19). The lowest BCUT2D eigenvalue weighted by atomic mass is 9.88. The number of benzene rings is 1. The normalized spacial score (nSPS) is 17.7. The molecule has 0 spiro atoms. The van der Waals surface area contributed by atoms with Crippen LogP contribution in [-0.4, -0.2) is 23.8 Å². The van der Waals surface area contributed by atoms with Crippen LogP contribution >= 0.6 is 11.8 Å². The van der Waals surface area contributed by atoms with Crippen LogP contribution in [0.5, 0.6) is 0 Å². The Balaban J connectivity index is 1.81. The summed E-state index contributed by atoms with van der Waals surface area (Å²) in [5.74, 6) is 0.249. The van der Waals surface area contributed by atoms with E-state index in [0.29, 0.717) is 6.54 Å². The molecule has 110 valence electrons. The molecule has 0 aromatic heterocycles. The van der Waals surface area contributed by atoms with E-state index < -0.39 is 6.10 Å². The first-order chi connectivity index (χ1) is 9.70. The molecule has 2 N–H and O–H groups in total. The molecule has 20 heavy (non-hydrogen) atoms. The molecule has 1 amide bonds. The van der Waals surface area contributed by atoms with Crippen molar-refractivity contribution in [1.82, 2.24) is 5.32 Å². The van der Waals surface area contributed by atoms with Crippen LogP contribution < -0.4 is 5.32 Å². The van der Waals surface area contributed by atoms with Gasteiger partial charge in [-0.05, 0) is 36.8 Å². The molecule has 0 aliphatic heterocycles. The second-order valence-electron chi connectivity index (χ2n) is 5.37. The number of thioether (sulfide) groups is 1. The lowest BCUT2D eigenvalue weighted by Gasteiger charge is -2.21. The van der Waals surface area contributed by atoms with E-state index in [1.165, 1.54) is 11.3 Å². The lowest BCUT2D eigenvalue weighted by Crippen LogP contribution is -2.34. The molecule has 0 bridgehead atoms. The number of aliphatic hydroxyl groups excluding tert-OH is 1. The molecule has 1 atom stereocenters. The number of amides is 1. The van der Waals surface area contributed by atoms with Crippen LogP contribution in [0, 0.1) is 5.92 Å². The largest absolute Gasteiger partial charge is 0.387 e. The Kier molecular flexibility index (Phi) is 5.92. The average molecular weight is 293 g/mol. The van der Waals surface area contributed by atoms with Gasteiger partial charge in [-0.1, -0.05) is 31.4 Å².